The SMILES string of the molecule is NNC(=O)Cn1c(Cc2cccc3ccccc23)nc2ccccc21. The fourth-order valence-corrected chi connectivity index (χ4v) is 3.24. The van der Waals surface area contributed by atoms with Crippen LogP contribution in [0.4, 0.5) is 0 Å². The van der Waals surface area contributed by atoms with E-state index in [9.17, 15) is 4.79 Å². The molecule has 1 heterocycles. The van der Waals surface area contributed by atoms with E-state index in [2.05, 4.69) is 35.8 Å². The standard InChI is InChI=1S/C20H18N4O/c21-23-20(25)13-24-18-11-4-3-10-17(18)22-19(24)12-15-8-5-7-14-6-1-2-9-16(14)15/h1-11H,12-13,21H2,(H,23,25). The van der Waals surface area contributed by atoms with E-state index in [1.165, 1.54) is 16.3 Å². The van der Waals surface area contributed by atoms with Crippen molar-refractivity contribution in [2.45, 2.75) is 13.0 Å². The van der Waals surface area contributed by atoms with Gasteiger partial charge in [-0.05, 0) is 28.5 Å². The zero-order valence-corrected chi connectivity index (χ0v) is 13.6. The van der Waals surface area contributed by atoms with E-state index in [1.807, 2.05) is 41.0 Å². The highest BCUT2D eigenvalue weighted by molar-refractivity contribution is 5.86. The summed E-state index contributed by atoms with van der Waals surface area (Å²) in [5.41, 5.74) is 5.19. The molecule has 0 saturated heterocycles. The third kappa shape index (κ3) is 2.86. The Labute approximate surface area is 145 Å². The number of nitrogens with two attached hydrogens (primary N) is 1. The molecule has 0 saturated carbocycles. The van der Waals surface area contributed by atoms with Gasteiger partial charge in [0.15, 0.2) is 0 Å². The number of aromatic nitrogens is 2. The fourth-order valence-electron chi connectivity index (χ4n) is 3.24. The summed E-state index contributed by atoms with van der Waals surface area (Å²) >= 11 is 0. The van der Waals surface area contributed by atoms with Crippen molar-refractivity contribution in [3.63, 3.8) is 0 Å². The normalized spacial score (nSPS) is 11.1. The summed E-state index contributed by atoms with van der Waals surface area (Å²) in [5, 5.41) is 2.40. The zero-order valence-electron chi connectivity index (χ0n) is 13.6. The Hall–Kier alpha value is -3.18. The molecular weight excluding hydrogens is 312 g/mol. The third-order valence-electron chi connectivity index (χ3n) is 4.42. The van der Waals surface area contributed by atoms with E-state index in [4.69, 9.17) is 10.8 Å². The van der Waals surface area contributed by atoms with Gasteiger partial charge in [0.1, 0.15) is 12.4 Å². The minimum Gasteiger partial charge on any atom is -0.318 e. The zero-order chi connectivity index (χ0) is 17.2. The number of benzene rings is 3. The molecule has 0 bridgehead atoms. The van der Waals surface area contributed by atoms with Crippen LogP contribution >= 0.6 is 0 Å². The lowest BCUT2D eigenvalue weighted by atomic mass is 10.0. The van der Waals surface area contributed by atoms with Crippen molar-refractivity contribution < 1.29 is 4.79 Å². The molecule has 0 spiro atoms. The number of carbonyl (C=O) groups excluding carboxylic acids is 1. The Balaban J connectivity index is 1.83. The van der Waals surface area contributed by atoms with Gasteiger partial charge < -0.3 is 4.57 Å². The topological polar surface area (TPSA) is 72.9 Å². The van der Waals surface area contributed by atoms with Crippen molar-refractivity contribution in [1.29, 1.82) is 0 Å². The molecular formula is C20H18N4O. The summed E-state index contributed by atoms with van der Waals surface area (Å²) in [6.45, 7) is 0.150. The molecule has 1 amide bonds. The predicted octanol–water partition coefficient (Wildman–Crippen LogP) is 2.77. The molecule has 0 atom stereocenters. The van der Waals surface area contributed by atoms with E-state index in [0.29, 0.717) is 6.42 Å². The molecule has 0 aliphatic carbocycles. The van der Waals surface area contributed by atoms with Crippen molar-refractivity contribution in [3.8, 4) is 0 Å². The molecule has 3 N–H and O–H groups in total. The highest BCUT2D eigenvalue weighted by atomic mass is 16.2. The molecule has 5 heteroatoms. The first-order valence-electron chi connectivity index (χ1n) is 8.16. The third-order valence-corrected chi connectivity index (χ3v) is 4.42. The quantitative estimate of drug-likeness (QED) is 0.343. The number of imidazole rings is 1. The van der Waals surface area contributed by atoms with Gasteiger partial charge >= 0.3 is 0 Å². The van der Waals surface area contributed by atoms with Gasteiger partial charge in [0.25, 0.3) is 5.91 Å². The molecule has 0 aliphatic rings. The Morgan fingerprint density at radius 1 is 1.00 bits per heavy atom. The van der Waals surface area contributed by atoms with Crippen molar-refractivity contribution in [2.24, 2.45) is 5.84 Å². The molecule has 0 unspecified atom stereocenters. The Morgan fingerprint density at radius 3 is 2.64 bits per heavy atom. The number of hydrazine groups is 1. The molecule has 4 rings (SSSR count). The summed E-state index contributed by atoms with van der Waals surface area (Å²) in [6.07, 6.45) is 0.647. The summed E-state index contributed by atoms with van der Waals surface area (Å²) in [6, 6.07) is 22.4. The van der Waals surface area contributed by atoms with E-state index in [1.54, 1.807) is 0 Å². The number of rotatable bonds is 4. The van der Waals surface area contributed by atoms with Crippen LogP contribution in [-0.4, -0.2) is 15.5 Å². The van der Waals surface area contributed by atoms with Crippen molar-refractivity contribution in [1.82, 2.24) is 15.0 Å². The second-order valence-corrected chi connectivity index (χ2v) is 5.99. The molecule has 1 aromatic heterocycles. The van der Waals surface area contributed by atoms with Crippen LogP contribution < -0.4 is 11.3 Å². The van der Waals surface area contributed by atoms with Gasteiger partial charge in [-0.25, -0.2) is 10.8 Å². The van der Waals surface area contributed by atoms with Crippen LogP contribution in [0.3, 0.4) is 0 Å². The molecule has 0 aliphatic heterocycles. The summed E-state index contributed by atoms with van der Waals surface area (Å²) in [4.78, 5) is 16.6. The lowest BCUT2D eigenvalue weighted by Crippen LogP contribution is -2.33. The van der Waals surface area contributed by atoms with Gasteiger partial charge in [-0.15, -0.1) is 0 Å². The highest BCUT2D eigenvalue weighted by Gasteiger charge is 2.14. The van der Waals surface area contributed by atoms with E-state index in [0.717, 1.165) is 16.9 Å². The second kappa shape index (κ2) is 6.37. The lowest BCUT2D eigenvalue weighted by molar-refractivity contribution is -0.121. The first kappa shape index (κ1) is 15.4. The molecule has 5 nitrogen and oxygen atoms in total. The van der Waals surface area contributed by atoms with Crippen LogP contribution in [0.2, 0.25) is 0 Å². The Bertz CT molecular complexity index is 1060. The molecule has 3 aromatic carbocycles. The van der Waals surface area contributed by atoms with Crippen LogP contribution in [0.25, 0.3) is 21.8 Å². The van der Waals surface area contributed by atoms with Crippen LogP contribution in [0.1, 0.15) is 11.4 Å². The number of amides is 1. The first-order chi connectivity index (χ1) is 12.3. The van der Waals surface area contributed by atoms with Gasteiger partial charge in [-0.2, -0.15) is 0 Å². The number of para-hydroxylation sites is 2. The minimum absolute atomic E-state index is 0.150. The molecule has 0 fully saturated rings. The number of nitrogens with zero attached hydrogens (tertiary/aromatic N) is 2. The van der Waals surface area contributed by atoms with Crippen LogP contribution in [0, 0.1) is 0 Å². The van der Waals surface area contributed by atoms with Gasteiger partial charge in [0, 0.05) is 6.42 Å². The Kier molecular flexibility index (Phi) is 3.91. The number of fused-ring (bicyclic) bond motifs is 2. The molecule has 124 valence electrons. The minimum atomic E-state index is -0.248. The van der Waals surface area contributed by atoms with E-state index in [-0.39, 0.29) is 12.5 Å². The number of hydrogen-bond acceptors (Lipinski definition) is 3. The largest absolute Gasteiger partial charge is 0.318 e. The Morgan fingerprint density at radius 2 is 1.76 bits per heavy atom. The first-order valence-corrected chi connectivity index (χ1v) is 8.16. The maximum absolute atomic E-state index is 11.9. The van der Waals surface area contributed by atoms with Crippen LogP contribution in [0.5, 0.6) is 0 Å². The molecule has 25 heavy (non-hydrogen) atoms. The highest BCUT2D eigenvalue weighted by Crippen LogP contribution is 2.23. The summed E-state index contributed by atoms with van der Waals surface area (Å²) < 4.78 is 1.93. The van der Waals surface area contributed by atoms with Crippen molar-refractivity contribution in [2.75, 3.05) is 0 Å². The maximum atomic E-state index is 11.9. The van der Waals surface area contributed by atoms with Crippen molar-refractivity contribution in [3.05, 3.63) is 78.1 Å². The van der Waals surface area contributed by atoms with Gasteiger partial charge in [-0.1, -0.05) is 54.6 Å². The average Bonchev–Trinajstić information content (AvgIpc) is 2.99. The summed E-state index contributed by atoms with van der Waals surface area (Å²) in [7, 11) is 0. The molecule has 0 radical (unpaired) electrons. The number of carbonyl (C=O) groups is 1. The number of hydrogen-bond donors (Lipinski definition) is 2. The van der Waals surface area contributed by atoms with Crippen LogP contribution in [-0.2, 0) is 17.8 Å². The molecule has 4 aromatic rings. The predicted molar refractivity (Wildman–Crippen MR) is 98.8 cm³/mol. The second-order valence-electron chi connectivity index (χ2n) is 5.99. The van der Waals surface area contributed by atoms with E-state index >= 15 is 0 Å². The van der Waals surface area contributed by atoms with Crippen molar-refractivity contribution >= 4 is 27.7 Å². The van der Waals surface area contributed by atoms with Gasteiger partial charge in [0.2, 0.25) is 0 Å². The van der Waals surface area contributed by atoms with E-state index < -0.39 is 0 Å². The summed E-state index contributed by atoms with van der Waals surface area (Å²) in [5.74, 6) is 5.88. The van der Waals surface area contributed by atoms with Crippen LogP contribution in [0.15, 0.2) is 66.7 Å². The monoisotopic (exact) mass is 330 g/mol. The van der Waals surface area contributed by atoms with Gasteiger partial charge in [0.05, 0.1) is 11.0 Å². The fraction of sp³-hybridized carbons (Fsp3) is 0.100. The number of nitrogens with one attached hydrogen (secondary N) is 1. The smallest absolute Gasteiger partial charge is 0.253 e. The lowest BCUT2D eigenvalue weighted by Gasteiger charge is -2.10. The average molecular weight is 330 g/mol. The van der Waals surface area contributed by atoms with Gasteiger partial charge in [-0.3, -0.25) is 10.2 Å². The maximum Gasteiger partial charge on any atom is 0.253 e.